The van der Waals surface area contributed by atoms with Crippen LogP contribution >= 0.6 is 0 Å². The van der Waals surface area contributed by atoms with E-state index in [0.29, 0.717) is 30.2 Å². The van der Waals surface area contributed by atoms with Crippen molar-refractivity contribution in [2.24, 2.45) is 0 Å². The van der Waals surface area contributed by atoms with E-state index in [2.05, 4.69) is 5.32 Å². The topological polar surface area (TPSA) is 80.8 Å². The van der Waals surface area contributed by atoms with Crippen molar-refractivity contribution in [3.05, 3.63) is 65.9 Å². The number of carbonyl (C=O) groups excluding carboxylic acids is 2. The van der Waals surface area contributed by atoms with Gasteiger partial charge in [0, 0.05) is 36.1 Å². The number of pyridine rings is 1. The molecule has 1 aromatic heterocycles. The highest BCUT2D eigenvalue weighted by molar-refractivity contribution is 6.06. The van der Waals surface area contributed by atoms with E-state index in [9.17, 15) is 9.59 Å². The SMILES string of the molecule is COc1ccccc1OCC(=O)N1CCC(c2cc(C(=O)NC(C)C)c3ccccc3n2)C1. The van der Waals surface area contributed by atoms with Crippen LogP contribution in [0.4, 0.5) is 0 Å². The molecule has 1 saturated heterocycles. The summed E-state index contributed by atoms with van der Waals surface area (Å²) in [5, 5.41) is 3.81. The molecule has 0 bridgehead atoms. The van der Waals surface area contributed by atoms with E-state index in [-0.39, 0.29) is 30.4 Å². The largest absolute Gasteiger partial charge is 0.493 e. The molecule has 0 saturated carbocycles. The number of likely N-dealkylation sites (tertiary alicyclic amines) is 1. The second kappa shape index (κ2) is 9.90. The molecule has 1 aliphatic rings. The molecular formula is C26H29N3O4. The van der Waals surface area contributed by atoms with E-state index < -0.39 is 0 Å². The van der Waals surface area contributed by atoms with Crippen LogP contribution in [0, 0.1) is 0 Å². The number of nitrogens with one attached hydrogen (secondary N) is 1. The maximum atomic E-state index is 12.9. The van der Waals surface area contributed by atoms with Gasteiger partial charge in [0.2, 0.25) is 0 Å². The van der Waals surface area contributed by atoms with E-state index in [0.717, 1.165) is 23.0 Å². The summed E-state index contributed by atoms with van der Waals surface area (Å²) in [6, 6.07) is 16.9. The normalized spacial score (nSPS) is 15.6. The molecule has 4 rings (SSSR count). The first kappa shape index (κ1) is 22.6. The van der Waals surface area contributed by atoms with Gasteiger partial charge in [-0.15, -0.1) is 0 Å². The van der Waals surface area contributed by atoms with Crippen LogP contribution in [-0.4, -0.2) is 54.5 Å². The van der Waals surface area contributed by atoms with Crippen LogP contribution in [-0.2, 0) is 4.79 Å². The lowest BCUT2D eigenvalue weighted by Crippen LogP contribution is -2.33. The Morgan fingerprint density at radius 1 is 1.12 bits per heavy atom. The molecule has 1 atom stereocenters. The molecule has 7 nitrogen and oxygen atoms in total. The number of amides is 2. The molecule has 1 unspecified atom stereocenters. The van der Waals surface area contributed by atoms with Gasteiger partial charge >= 0.3 is 0 Å². The number of rotatable bonds is 7. The number of nitrogens with zero attached hydrogens (tertiary/aromatic N) is 2. The smallest absolute Gasteiger partial charge is 0.260 e. The van der Waals surface area contributed by atoms with Gasteiger partial charge in [0.05, 0.1) is 18.2 Å². The van der Waals surface area contributed by atoms with E-state index in [1.165, 1.54) is 0 Å². The number of hydrogen-bond acceptors (Lipinski definition) is 5. The fourth-order valence-electron chi connectivity index (χ4n) is 4.13. The number of carbonyl (C=O) groups is 2. The van der Waals surface area contributed by atoms with Crippen molar-refractivity contribution in [3.8, 4) is 11.5 Å². The van der Waals surface area contributed by atoms with Crippen LogP contribution in [0.15, 0.2) is 54.6 Å². The summed E-state index contributed by atoms with van der Waals surface area (Å²) < 4.78 is 11.0. The summed E-state index contributed by atoms with van der Waals surface area (Å²) in [6.07, 6.45) is 0.789. The Labute approximate surface area is 193 Å². The molecule has 2 amide bonds. The van der Waals surface area contributed by atoms with E-state index in [1.54, 1.807) is 24.1 Å². The summed E-state index contributed by atoms with van der Waals surface area (Å²) in [4.78, 5) is 32.3. The van der Waals surface area contributed by atoms with Gasteiger partial charge in [0.25, 0.3) is 11.8 Å². The molecule has 7 heteroatoms. The van der Waals surface area contributed by atoms with Gasteiger partial charge in [0.15, 0.2) is 18.1 Å². The first-order valence-corrected chi connectivity index (χ1v) is 11.2. The molecule has 1 fully saturated rings. The first-order chi connectivity index (χ1) is 16.0. The van der Waals surface area contributed by atoms with E-state index >= 15 is 0 Å². The van der Waals surface area contributed by atoms with Crippen molar-refractivity contribution in [2.45, 2.75) is 32.2 Å². The molecule has 2 heterocycles. The summed E-state index contributed by atoms with van der Waals surface area (Å²) in [5.74, 6) is 1.01. The Hall–Kier alpha value is -3.61. The highest BCUT2D eigenvalue weighted by atomic mass is 16.5. The summed E-state index contributed by atoms with van der Waals surface area (Å²) in [6.45, 7) is 5.00. The number of methoxy groups -OCH3 is 1. The maximum Gasteiger partial charge on any atom is 0.260 e. The highest BCUT2D eigenvalue weighted by Crippen LogP contribution is 2.30. The molecule has 2 aromatic carbocycles. The van der Waals surface area contributed by atoms with E-state index in [1.807, 2.05) is 56.3 Å². The number of para-hydroxylation sites is 3. The Morgan fingerprint density at radius 2 is 1.85 bits per heavy atom. The fraction of sp³-hybridized carbons (Fsp3) is 0.346. The van der Waals surface area contributed by atoms with Crippen molar-refractivity contribution < 1.29 is 19.1 Å². The Bertz CT molecular complexity index is 1160. The third kappa shape index (κ3) is 5.08. The number of fused-ring (bicyclic) bond motifs is 1. The second-order valence-corrected chi connectivity index (χ2v) is 8.50. The van der Waals surface area contributed by atoms with Gasteiger partial charge in [-0.3, -0.25) is 14.6 Å². The summed E-state index contributed by atoms with van der Waals surface area (Å²) >= 11 is 0. The van der Waals surface area contributed by atoms with Crippen molar-refractivity contribution in [1.29, 1.82) is 0 Å². The third-order valence-corrected chi connectivity index (χ3v) is 5.78. The quantitative estimate of drug-likeness (QED) is 0.596. The zero-order valence-electron chi connectivity index (χ0n) is 19.2. The number of ether oxygens (including phenoxy) is 2. The van der Waals surface area contributed by atoms with Crippen molar-refractivity contribution >= 4 is 22.7 Å². The second-order valence-electron chi connectivity index (χ2n) is 8.50. The molecular weight excluding hydrogens is 418 g/mol. The Balaban J connectivity index is 1.48. The number of aromatic nitrogens is 1. The number of benzene rings is 2. The average molecular weight is 448 g/mol. The average Bonchev–Trinajstić information content (AvgIpc) is 3.32. The van der Waals surface area contributed by atoms with Crippen LogP contribution in [0.2, 0.25) is 0 Å². The Kier molecular flexibility index (Phi) is 6.77. The Morgan fingerprint density at radius 3 is 2.61 bits per heavy atom. The van der Waals surface area contributed by atoms with E-state index in [4.69, 9.17) is 14.5 Å². The molecule has 172 valence electrons. The van der Waals surface area contributed by atoms with Gasteiger partial charge in [-0.05, 0) is 44.5 Å². The maximum absolute atomic E-state index is 12.9. The van der Waals surface area contributed by atoms with Gasteiger partial charge < -0.3 is 19.7 Å². The molecule has 1 aliphatic heterocycles. The standard InChI is InChI=1S/C26H29N3O4/c1-17(2)27-26(31)20-14-22(28-21-9-5-4-8-19(20)21)18-12-13-29(15-18)25(30)16-33-24-11-7-6-10-23(24)32-3/h4-11,14,17-18H,12-13,15-16H2,1-3H3,(H,27,31). The highest BCUT2D eigenvalue weighted by Gasteiger charge is 2.29. The van der Waals surface area contributed by atoms with Crippen LogP contribution in [0.1, 0.15) is 42.2 Å². The first-order valence-electron chi connectivity index (χ1n) is 11.2. The minimum absolute atomic E-state index is 0.0377. The molecule has 3 aromatic rings. The zero-order chi connectivity index (χ0) is 23.4. The van der Waals surface area contributed by atoms with Crippen LogP contribution in [0.5, 0.6) is 11.5 Å². The van der Waals surface area contributed by atoms with Gasteiger partial charge in [-0.2, -0.15) is 0 Å². The van der Waals surface area contributed by atoms with Gasteiger partial charge in [0.1, 0.15) is 0 Å². The van der Waals surface area contributed by atoms with Crippen LogP contribution in [0.3, 0.4) is 0 Å². The van der Waals surface area contributed by atoms with Gasteiger partial charge in [-0.25, -0.2) is 0 Å². The zero-order valence-corrected chi connectivity index (χ0v) is 19.2. The van der Waals surface area contributed by atoms with Crippen molar-refractivity contribution in [2.75, 3.05) is 26.8 Å². The lowest BCUT2D eigenvalue weighted by molar-refractivity contribution is -0.132. The van der Waals surface area contributed by atoms with Gasteiger partial charge in [-0.1, -0.05) is 30.3 Å². The van der Waals surface area contributed by atoms with Crippen LogP contribution in [0.25, 0.3) is 10.9 Å². The minimum atomic E-state index is -0.110. The monoisotopic (exact) mass is 447 g/mol. The van der Waals surface area contributed by atoms with Crippen molar-refractivity contribution in [1.82, 2.24) is 15.2 Å². The molecule has 1 N–H and O–H groups in total. The minimum Gasteiger partial charge on any atom is -0.493 e. The predicted octanol–water partition coefficient (Wildman–Crippen LogP) is 3.78. The van der Waals surface area contributed by atoms with Crippen LogP contribution < -0.4 is 14.8 Å². The summed E-state index contributed by atoms with van der Waals surface area (Å²) in [5.41, 5.74) is 2.24. The third-order valence-electron chi connectivity index (χ3n) is 5.78. The predicted molar refractivity (Wildman–Crippen MR) is 127 cm³/mol. The molecule has 0 spiro atoms. The summed E-state index contributed by atoms with van der Waals surface area (Å²) in [7, 11) is 1.57. The molecule has 33 heavy (non-hydrogen) atoms. The fourth-order valence-corrected chi connectivity index (χ4v) is 4.13. The lowest BCUT2D eigenvalue weighted by atomic mass is 9.99. The molecule has 0 aliphatic carbocycles. The lowest BCUT2D eigenvalue weighted by Gasteiger charge is -2.18. The number of hydrogen-bond donors (Lipinski definition) is 1. The molecule has 0 radical (unpaired) electrons. The van der Waals surface area contributed by atoms with Crippen molar-refractivity contribution in [3.63, 3.8) is 0 Å².